The summed E-state index contributed by atoms with van der Waals surface area (Å²) in [6.07, 6.45) is 4.94. The van der Waals surface area contributed by atoms with E-state index in [9.17, 15) is 5.11 Å². The molecule has 0 amide bonds. The monoisotopic (exact) mass is 228 g/mol. The first-order valence-electron chi connectivity index (χ1n) is 6.62. The van der Waals surface area contributed by atoms with Gasteiger partial charge in [-0.1, -0.05) is 6.92 Å². The van der Waals surface area contributed by atoms with E-state index >= 15 is 0 Å². The minimum atomic E-state index is -0.139. The van der Waals surface area contributed by atoms with E-state index in [0.717, 1.165) is 12.5 Å². The molecule has 3 unspecified atom stereocenters. The van der Waals surface area contributed by atoms with Crippen LogP contribution in [0.2, 0.25) is 0 Å². The molecule has 1 rings (SSSR count). The lowest BCUT2D eigenvalue weighted by atomic mass is 9.93. The van der Waals surface area contributed by atoms with Crippen molar-refractivity contribution in [3.8, 4) is 0 Å². The number of hydrogen-bond donors (Lipinski definition) is 2. The van der Waals surface area contributed by atoms with Gasteiger partial charge < -0.3 is 10.4 Å². The van der Waals surface area contributed by atoms with E-state index in [0.29, 0.717) is 6.04 Å². The Balaban J connectivity index is 2.53. The fourth-order valence-electron chi connectivity index (χ4n) is 2.89. The van der Waals surface area contributed by atoms with Gasteiger partial charge in [-0.25, -0.2) is 0 Å². The van der Waals surface area contributed by atoms with Crippen LogP contribution in [0, 0.1) is 0 Å². The minimum Gasteiger partial charge on any atom is -0.394 e. The van der Waals surface area contributed by atoms with Crippen LogP contribution in [0.5, 0.6) is 0 Å². The predicted octanol–water partition coefficient (Wildman–Crippen LogP) is 1.61. The maximum Gasteiger partial charge on any atom is 0.0611 e. The third kappa shape index (κ3) is 3.19. The first-order valence-corrected chi connectivity index (χ1v) is 6.62. The SMILES string of the molecule is CCC1CCCN1C(C)CC(C)(CO)NC. The van der Waals surface area contributed by atoms with Crippen LogP contribution in [-0.4, -0.2) is 47.8 Å². The van der Waals surface area contributed by atoms with Gasteiger partial charge in [0.1, 0.15) is 0 Å². The van der Waals surface area contributed by atoms with Gasteiger partial charge in [0.05, 0.1) is 6.61 Å². The molecule has 16 heavy (non-hydrogen) atoms. The molecule has 0 aromatic rings. The van der Waals surface area contributed by atoms with Crippen LogP contribution in [0.3, 0.4) is 0 Å². The topological polar surface area (TPSA) is 35.5 Å². The second-order valence-electron chi connectivity index (χ2n) is 5.46. The number of hydrogen-bond acceptors (Lipinski definition) is 3. The summed E-state index contributed by atoms with van der Waals surface area (Å²) in [7, 11) is 1.93. The standard InChI is InChI=1S/C13H28N2O/c1-5-12-7-6-8-15(12)11(2)9-13(3,10-16)14-4/h11-12,14,16H,5-10H2,1-4H3. The Morgan fingerprint density at radius 3 is 2.75 bits per heavy atom. The molecular formula is C13H28N2O. The Morgan fingerprint density at radius 1 is 1.56 bits per heavy atom. The van der Waals surface area contributed by atoms with Gasteiger partial charge in [0, 0.05) is 17.6 Å². The predicted molar refractivity (Wildman–Crippen MR) is 68.6 cm³/mol. The number of likely N-dealkylation sites (N-methyl/N-ethyl adjacent to an activating group) is 1. The molecule has 1 saturated heterocycles. The summed E-state index contributed by atoms with van der Waals surface area (Å²) in [6, 6.07) is 1.31. The largest absolute Gasteiger partial charge is 0.394 e. The highest BCUT2D eigenvalue weighted by atomic mass is 16.3. The third-order valence-electron chi connectivity index (χ3n) is 4.16. The first kappa shape index (κ1) is 13.9. The molecule has 0 bridgehead atoms. The van der Waals surface area contributed by atoms with Gasteiger partial charge in [-0.05, 0) is 53.1 Å². The molecule has 0 spiro atoms. The molecule has 3 atom stereocenters. The number of nitrogens with one attached hydrogen (secondary N) is 1. The van der Waals surface area contributed by atoms with Gasteiger partial charge in [-0.2, -0.15) is 0 Å². The molecule has 0 aromatic heterocycles. The Kier molecular flexibility index (Phi) is 5.22. The Hall–Kier alpha value is -0.120. The van der Waals surface area contributed by atoms with Gasteiger partial charge >= 0.3 is 0 Å². The van der Waals surface area contributed by atoms with Crippen LogP contribution < -0.4 is 5.32 Å². The van der Waals surface area contributed by atoms with Crippen molar-refractivity contribution in [2.75, 3.05) is 20.2 Å². The summed E-state index contributed by atoms with van der Waals surface area (Å²) >= 11 is 0. The third-order valence-corrected chi connectivity index (χ3v) is 4.16. The van der Waals surface area contributed by atoms with Crippen molar-refractivity contribution in [1.29, 1.82) is 0 Å². The van der Waals surface area contributed by atoms with Crippen LogP contribution in [0.4, 0.5) is 0 Å². The highest BCUT2D eigenvalue weighted by molar-refractivity contribution is 4.89. The molecular weight excluding hydrogens is 200 g/mol. The van der Waals surface area contributed by atoms with E-state index < -0.39 is 0 Å². The lowest BCUT2D eigenvalue weighted by molar-refractivity contribution is 0.111. The van der Waals surface area contributed by atoms with Gasteiger partial charge in [0.2, 0.25) is 0 Å². The maximum absolute atomic E-state index is 9.42. The van der Waals surface area contributed by atoms with E-state index in [1.54, 1.807) is 0 Å². The van der Waals surface area contributed by atoms with E-state index in [1.165, 1.54) is 25.8 Å². The Morgan fingerprint density at radius 2 is 2.25 bits per heavy atom. The summed E-state index contributed by atoms with van der Waals surface area (Å²) in [5.41, 5.74) is -0.139. The lowest BCUT2D eigenvalue weighted by Gasteiger charge is -2.36. The van der Waals surface area contributed by atoms with Crippen molar-refractivity contribution in [3.05, 3.63) is 0 Å². The molecule has 1 fully saturated rings. The van der Waals surface area contributed by atoms with Gasteiger partial charge in [-0.15, -0.1) is 0 Å². The fourth-order valence-corrected chi connectivity index (χ4v) is 2.89. The zero-order valence-electron chi connectivity index (χ0n) is 11.3. The van der Waals surface area contributed by atoms with Crippen molar-refractivity contribution in [1.82, 2.24) is 10.2 Å². The maximum atomic E-state index is 9.42. The molecule has 3 nitrogen and oxygen atoms in total. The number of aliphatic hydroxyl groups is 1. The summed E-state index contributed by atoms with van der Waals surface area (Å²) in [6.45, 7) is 8.10. The minimum absolute atomic E-state index is 0.139. The average Bonchev–Trinajstić information content (AvgIpc) is 2.76. The fraction of sp³-hybridized carbons (Fsp3) is 1.00. The van der Waals surface area contributed by atoms with E-state index in [4.69, 9.17) is 0 Å². The van der Waals surface area contributed by atoms with Crippen molar-refractivity contribution in [2.45, 2.75) is 64.1 Å². The second kappa shape index (κ2) is 5.99. The van der Waals surface area contributed by atoms with Crippen molar-refractivity contribution < 1.29 is 5.11 Å². The number of nitrogens with zero attached hydrogens (tertiary/aromatic N) is 1. The number of aliphatic hydroxyl groups excluding tert-OH is 1. The molecule has 0 radical (unpaired) electrons. The molecule has 1 aliphatic heterocycles. The normalized spacial score (nSPS) is 27.9. The summed E-state index contributed by atoms with van der Waals surface area (Å²) in [4.78, 5) is 2.62. The number of rotatable bonds is 6. The molecule has 3 heteroatoms. The van der Waals surface area contributed by atoms with Crippen LogP contribution in [0.15, 0.2) is 0 Å². The zero-order valence-corrected chi connectivity index (χ0v) is 11.3. The van der Waals surface area contributed by atoms with E-state index in [-0.39, 0.29) is 12.1 Å². The summed E-state index contributed by atoms with van der Waals surface area (Å²) < 4.78 is 0. The summed E-state index contributed by atoms with van der Waals surface area (Å²) in [5, 5.41) is 12.7. The molecule has 0 aromatic carbocycles. The number of likely N-dealkylation sites (tertiary alicyclic amines) is 1. The zero-order chi connectivity index (χ0) is 12.2. The molecule has 1 aliphatic rings. The molecule has 0 saturated carbocycles. The first-order chi connectivity index (χ1) is 7.56. The molecule has 96 valence electrons. The molecule has 0 aliphatic carbocycles. The highest BCUT2D eigenvalue weighted by Gasteiger charge is 2.31. The van der Waals surface area contributed by atoms with Gasteiger partial charge in [0.15, 0.2) is 0 Å². The van der Waals surface area contributed by atoms with Gasteiger partial charge in [-0.3, -0.25) is 4.90 Å². The van der Waals surface area contributed by atoms with E-state index in [2.05, 4.69) is 31.0 Å². The quantitative estimate of drug-likeness (QED) is 0.725. The summed E-state index contributed by atoms with van der Waals surface area (Å²) in [5.74, 6) is 0. The lowest BCUT2D eigenvalue weighted by Crippen LogP contribution is -2.49. The highest BCUT2D eigenvalue weighted by Crippen LogP contribution is 2.26. The van der Waals surface area contributed by atoms with Crippen molar-refractivity contribution >= 4 is 0 Å². The van der Waals surface area contributed by atoms with Crippen LogP contribution in [-0.2, 0) is 0 Å². The van der Waals surface area contributed by atoms with Crippen molar-refractivity contribution in [2.24, 2.45) is 0 Å². The Labute approximate surface area is 100 Å². The van der Waals surface area contributed by atoms with Crippen LogP contribution in [0.1, 0.15) is 46.5 Å². The molecule has 1 heterocycles. The molecule has 2 N–H and O–H groups in total. The van der Waals surface area contributed by atoms with Gasteiger partial charge in [0.25, 0.3) is 0 Å². The van der Waals surface area contributed by atoms with Crippen LogP contribution >= 0.6 is 0 Å². The Bertz CT molecular complexity index is 204. The smallest absolute Gasteiger partial charge is 0.0611 e. The van der Waals surface area contributed by atoms with E-state index in [1.807, 2.05) is 7.05 Å². The average molecular weight is 228 g/mol. The van der Waals surface area contributed by atoms with Crippen LogP contribution in [0.25, 0.3) is 0 Å². The second-order valence-corrected chi connectivity index (χ2v) is 5.46. The van der Waals surface area contributed by atoms with Crippen molar-refractivity contribution in [3.63, 3.8) is 0 Å².